The average molecular weight is 218 g/mol. The summed E-state index contributed by atoms with van der Waals surface area (Å²) in [5.41, 5.74) is 12.5. The number of hydrogen-bond donors (Lipinski definition) is 2. The van der Waals surface area contributed by atoms with Crippen molar-refractivity contribution >= 4 is 16.9 Å². The van der Waals surface area contributed by atoms with E-state index < -0.39 is 0 Å². The van der Waals surface area contributed by atoms with Crippen LogP contribution in [0.15, 0.2) is 24.3 Å². The SMILES string of the molecule is NCCc1nc2ccccc2n1CC(N)=O. The molecule has 0 atom stereocenters. The average Bonchev–Trinajstić information content (AvgIpc) is 2.57. The number of imidazole rings is 1. The normalized spacial score (nSPS) is 10.8. The minimum absolute atomic E-state index is 0.149. The summed E-state index contributed by atoms with van der Waals surface area (Å²) >= 11 is 0. The Morgan fingerprint density at radius 1 is 1.38 bits per heavy atom. The lowest BCUT2D eigenvalue weighted by Crippen LogP contribution is -2.21. The van der Waals surface area contributed by atoms with Gasteiger partial charge in [0.1, 0.15) is 12.4 Å². The lowest BCUT2D eigenvalue weighted by atomic mass is 10.3. The molecule has 0 unspecified atom stereocenters. The van der Waals surface area contributed by atoms with Gasteiger partial charge in [-0.25, -0.2) is 4.98 Å². The molecule has 0 saturated carbocycles. The first kappa shape index (κ1) is 10.6. The lowest BCUT2D eigenvalue weighted by Gasteiger charge is -2.05. The van der Waals surface area contributed by atoms with Crippen LogP contribution in [-0.2, 0) is 17.8 Å². The van der Waals surface area contributed by atoms with Crippen molar-refractivity contribution in [3.05, 3.63) is 30.1 Å². The maximum Gasteiger partial charge on any atom is 0.237 e. The van der Waals surface area contributed by atoms with Crippen molar-refractivity contribution in [1.82, 2.24) is 9.55 Å². The van der Waals surface area contributed by atoms with Gasteiger partial charge in [-0.3, -0.25) is 4.79 Å². The van der Waals surface area contributed by atoms with E-state index in [0.29, 0.717) is 13.0 Å². The van der Waals surface area contributed by atoms with Gasteiger partial charge in [-0.05, 0) is 18.7 Å². The molecule has 16 heavy (non-hydrogen) atoms. The molecule has 1 heterocycles. The molecule has 0 radical (unpaired) electrons. The fraction of sp³-hybridized carbons (Fsp3) is 0.273. The van der Waals surface area contributed by atoms with E-state index in [0.717, 1.165) is 16.9 Å². The molecule has 1 aromatic carbocycles. The molecule has 1 aromatic heterocycles. The second-order valence-corrected chi connectivity index (χ2v) is 3.61. The number of carbonyl (C=O) groups excluding carboxylic acids is 1. The number of carbonyl (C=O) groups is 1. The molecule has 2 rings (SSSR count). The molecule has 0 spiro atoms. The molecule has 5 nitrogen and oxygen atoms in total. The van der Waals surface area contributed by atoms with Crippen molar-refractivity contribution in [3.63, 3.8) is 0 Å². The van der Waals surface area contributed by atoms with Crippen LogP contribution in [0, 0.1) is 0 Å². The zero-order chi connectivity index (χ0) is 11.5. The Morgan fingerprint density at radius 2 is 2.12 bits per heavy atom. The minimum atomic E-state index is -0.374. The van der Waals surface area contributed by atoms with Crippen molar-refractivity contribution in [3.8, 4) is 0 Å². The first-order chi connectivity index (χ1) is 7.72. The maximum absolute atomic E-state index is 11.0. The van der Waals surface area contributed by atoms with Crippen LogP contribution in [0.5, 0.6) is 0 Å². The van der Waals surface area contributed by atoms with Crippen molar-refractivity contribution in [2.24, 2.45) is 11.5 Å². The van der Waals surface area contributed by atoms with E-state index in [1.165, 1.54) is 0 Å². The molecule has 0 aliphatic carbocycles. The summed E-state index contributed by atoms with van der Waals surface area (Å²) in [6.45, 7) is 0.651. The van der Waals surface area contributed by atoms with Gasteiger partial charge in [0.25, 0.3) is 0 Å². The molecule has 0 fully saturated rings. The third-order valence-corrected chi connectivity index (χ3v) is 2.42. The standard InChI is InChI=1S/C11H14N4O/c12-6-5-11-14-8-3-1-2-4-9(8)15(11)7-10(13)16/h1-4H,5-7,12H2,(H2,13,16). The van der Waals surface area contributed by atoms with E-state index in [2.05, 4.69) is 4.98 Å². The number of fused-ring (bicyclic) bond motifs is 1. The molecule has 84 valence electrons. The van der Waals surface area contributed by atoms with Gasteiger partial charge < -0.3 is 16.0 Å². The third-order valence-electron chi connectivity index (χ3n) is 2.42. The number of primary amides is 1. The second kappa shape index (κ2) is 4.32. The largest absolute Gasteiger partial charge is 0.368 e. The summed E-state index contributed by atoms with van der Waals surface area (Å²) in [7, 11) is 0. The van der Waals surface area contributed by atoms with Gasteiger partial charge >= 0.3 is 0 Å². The zero-order valence-corrected chi connectivity index (χ0v) is 8.89. The Morgan fingerprint density at radius 3 is 2.81 bits per heavy atom. The van der Waals surface area contributed by atoms with E-state index in [4.69, 9.17) is 11.5 Å². The van der Waals surface area contributed by atoms with Gasteiger partial charge in [0.2, 0.25) is 5.91 Å². The fourth-order valence-corrected chi connectivity index (χ4v) is 1.78. The van der Waals surface area contributed by atoms with Crippen molar-refractivity contribution < 1.29 is 4.79 Å². The van der Waals surface area contributed by atoms with Crippen LogP contribution >= 0.6 is 0 Å². The maximum atomic E-state index is 11.0. The van der Waals surface area contributed by atoms with Crippen LogP contribution in [0.4, 0.5) is 0 Å². The highest BCUT2D eigenvalue weighted by atomic mass is 16.1. The van der Waals surface area contributed by atoms with Gasteiger partial charge in [-0.15, -0.1) is 0 Å². The number of para-hydroxylation sites is 2. The van der Waals surface area contributed by atoms with Crippen LogP contribution < -0.4 is 11.5 Å². The van der Waals surface area contributed by atoms with Crippen LogP contribution in [-0.4, -0.2) is 22.0 Å². The molecule has 4 N–H and O–H groups in total. The van der Waals surface area contributed by atoms with Crippen molar-refractivity contribution in [2.45, 2.75) is 13.0 Å². The quantitative estimate of drug-likeness (QED) is 0.758. The zero-order valence-electron chi connectivity index (χ0n) is 8.89. The molecule has 0 aliphatic rings. The second-order valence-electron chi connectivity index (χ2n) is 3.61. The summed E-state index contributed by atoms with van der Waals surface area (Å²) < 4.78 is 1.82. The van der Waals surface area contributed by atoms with E-state index in [-0.39, 0.29) is 12.5 Å². The fourth-order valence-electron chi connectivity index (χ4n) is 1.78. The number of hydrogen-bond acceptors (Lipinski definition) is 3. The van der Waals surface area contributed by atoms with Gasteiger partial charge in [-0.2, -0.15) is 0 Å². The number of nitrogens with two attached hydrogens (primary N) is 2. The number of aromatic nitrogens is 2. The highest BCUT2D eigenvalue weighted by molar-refractivity contribution is 5.80. The monoisotopic (exact) mass is 218 g/mol. The number of amides is 1. The molecule has 0 bridgehead atoms. The molecular weight excluding hydrogens is 204 g/mol. The van der Waals surface area contributed by atoms with Crippen molar-refractivity contribution in [2.75, 3.05) is 6.54 Å². The Kier molecular flexibility index (Phi) is 2.87. The summed E-state index contributed by atoms with van der Waals surface area (Å²) in [6.07, 6.45) is 0.641. The first-order valence-electron chi connectivity index (χ1n) is 5.15. The molecular formula is C11H14N4O. The minimum Gasteiger partial charge on any atom is -0.368 e. The van der Waals surface area contributed by atoms with Crippen LogP contribution in [0.25, 0.3) is 11.0 Å². The summed E-state index contributed by atoms with van der Waals surface area (Å²) in [4.78, 5) is 15.4. The first-order valence-corrected chi connectivity index (χ1v) is 5.15. The van der Waals surface area contributed by atoms with Gasteiger partial charge in [0.05, 0.1) is 11.0 Å². The third kappa shape index (κ3) is 1.90. The van der Waals surface area contributed by atoms with E-state index >= 15 is 0 Å². The van der Waals surface area contributed by atoms with Gasteiger partial charge in [0, 0.05) is 6.42 Å². The summed E-state index contributed by atoms with van der Waals surface area (Å²) in [6, 6.07) is 7.65. The van der Waals surface area contributed by atoms with Crippen LogP contribution in [0.1, 0.15) is 5.82 Å². The highest BCUT2D eigenvalue weighted by Gasteiger charge is 2.10. The molecule has 2 aromatic rings. The van der Waals surface area contributed by atoms with E-state index in [1.54, 1.807) is 0 Å². The predicted molar refractivity (Wildman–Crippen MR) is 61.7 cm³/mol. The molecule has 0 saturated heterocycles. The Balaban J connectivity index is 2.54. The number of rotatable bonds is 4. The lowest BCUT2D eigenvalue weighted by molar-refractivity contribution is -0.118. The number of benzene rings is 1. The number of nitrogens with zero attached hydrogens (tertiary/aromatic N) is 2. The summed E-state index contributed by atoms with van der Waals surface area (Å²) in [5, 5.41) is 0. The Labute approximate surface area is 93.1 Å². The molecule has 0 aliphatic heterocycles. The van der Waals surface area contributed by atoms with E-state index in [1.807, 2.05) is 28.8 Å². The molecule has 1 amide bonds. The van der Waals surface area contributed by atoms with Crippen LogP contribution in [0.3, 0.4) is 0 Å². The van der Waals surface area contributed by atoms with Crippen molar-refractivity contribution in [1.29, 1.82) is 0 Å². The van der Waals surface area contributed by atoms with Gasteiger partial charge in [0.15, 0.2) is 0 Å². The Bertz CT molecular complexity index is 518. The van der Waals surface area contributed by atoms with Gasteiger partial charge in [-0.1, -0.05) is 12.1 Å². The topological polar surface area (TPSA) is 86.9 Å². The predicted octanol–water partition coefficient (Wildman–Crippen LogP) is 0.0228. The highest BCUT2D eigenvalue weighted by Crippen LogP contribution is 2.15. The van der Waals surface area contributed by atoms with Crippen LogP contribution in [0.2, 0.25) is 0 Å². The summed E-state index contributed by atoms with van der Waals surface area (Å²) in [5.74, 6) is 0.434. The van der Waals surface area contributed by atoms with E-state index in [9.17, 15) is 4.79 Å². The smallest absolute Gasteiger partial charge is 0.237 e. The Hall–Kier alpha value is -1.88. The molecule has 5 heteroatoms.